The smallest absolute Gasteiger partial charge is 0.416 e. The fourth-order valence-electron chi connectivity index (χ4n) is 2.75. The maximum absolute atomic E-state index is 12.6. The summed E-state index contributed by atoms with van der Waals surface area (Å²) in [5, 5.41) is 14.1. The maximum atomic E-state index is 12.6. The lowest BCUT2D eigenvalue weighted by molar-refractivity contribution is -0.137. The van der Waals surface area contributed by atoms with Crippen LogP contribution in [0.2, 0.25) is 0 Å². The fraction of sp³-hybridized carbons (Fsp3) is 0.217. The van der Waals surface area contributed by atoms with Crippen molar-refractivity contribution in [2.24, 2.45) is 5.16 Å². The summed E-state index contributed by atoms with van der Waals surface area (Å²) in [6.45, 7) is 3.04. The average molecular weight is 447 g/mol. The number of carbonyl (C=O) groups excluding carboxylic acids is 1. The van der Waals surface area contributed by atoms with Gasteiger partial charge in [0.15, 0.2) is 12.4 Å². The number of benzene rings is 2. The molecule has 168 valence electrons. The van der Waals surface area contributed by atoms with E-state index in [0.29, 0.717) is 22.6 Å². The molecular formula is C23H20F3NO5. The highest BCUT2D eigenvalue weighted by Gasteiger charge is 2.29. The number of halogens is 3. The number of alkyl halides is 3. The molecule has 0 saturated heterocycles. The van der Waals surface area contributed by atoms with Crippen LogP contribution in [-0.4, -0.2) is 23.2 Å². The summed E-state index contributed by atoms with van der Waals surface area (Å²) < 4.78 is 48.4. The van der Waals surface area contributed by atoms with Gasteiger partial charge in [0.25, 0.3) is 0 Å². The molecule has 6 nitrogen and oxygen atoms in total. The summed E-state index contributed by atoms with van der Waals surface area (Å²) in [5.41, 5.74) is 0.494. The Kier molecular flexibility index (Phi) is 6.87. The molecule has 32 heavy (non-hydrogen) atoms. The first-order valence-electron chi connectivity index (χ1n) is 9.52. The third kappa shape index (κ3) is 5.90. The van der Waals surface area contributed by atoms with Gasteiger partial charge in [0.2, 0.25) is 5.78 Å². The van der Waals surface area contributed by atoms with Gasteiger partial charge in [0.1, 0.15) is 23.9 Å². The zero-order valence-corrected chi connectivity index (χ0v) is 17.3. The van der Waals surface area contributed by atoms with E-state index in [0.717, 1.165) is 12.1 Å². The third-order valence-corrected chi connectivity index (χ3v) is 4.46. The molecule has 0 aliphatic heterocycles. The molecule has 0 unspecified atom stereocenters. The Morgan fingerprint density at radius 3 is 2.41 bits per heavy atom. The number of carbonyl (C=O) groups is 1. The van der Waals surface area contributed by atoms with Crippen molar-refractivity contribution in [3.8, 4) is 11.5 Å². The molecule has 0 fully saturated rings. The number of furan rings is 1. The molecule has 0 atom stereocenters. The van der Waals surface area contributed by atoms with Crippen LogP contribution in [0.15, 0.2) is 64.2 Å². The highest BCUT2D eigenvalue weighted by Crippen LogP contribution is 2.29. The van der Waals surface area contributed by atoms with Crippen molar-refractivity contribution in [1.82, 2.24) is 0 Å². The summed E-state index contributed by atoms with van der Waals surface area (Å²) in [4.78, 5) is 17.2. The number of ether oxygens (including phenoxy) is 1. The largest absolute Gasteiger partial charge is 0.507 e. The van der Waals surface area contributed by atoms with Gasteiger partial charge in [-0.1, -0.05) is 17.3 Å². The van der Waals surface area contributed by atoms with Crippen LogP contribution in [0, 0.1) is 6.92 Å². The van der Waals surface area contributed by atoms with Crippen LogP contribution in [0.5, 0.6) is 11.5 Å². The van der Waals surface area contributed by atoms with Crippen molar-refractivity contribution in [1.29, 1.82) is 0 Å². The number of ketones is 1. The standard InChI is InChI=1S/C23H20F3NO5/c1-14-3-10-22(32-14)21(29)13-30-18-8-9-19(20(28)11-18)15(2)27-31-12-16-4-6-17(7-5-16)23(24,25)26/h3-11,28H,12-13H2,1-2H3. The first kappa shape index (κ1) is 22.9. The van der Waals surface area contributed by atoms with Crippen LogP contribution in [0.4, 0.5) is 13.2 Å². The van der Waals surface area contributed by atoms with E-state index in [4.69, 9.17) is 14.0 Å². The van der Waals surface area contributed by atoms with E-state index in [2.05, 4.69) is 5.16 Å². The van der Waals surface area contributed by atoms with Crippen molar-refractivity contribution in [2.45, 2.75) is 26.6 Å². The topological polar surface area (TPSA) is 81.3 Å². The molecule has 9 heteroatoms. The molecule has 0 aliphatic carbocycles. The fourth-order valence-corrected chi connectivity index (χ4v) is 2.75. The zero-order chi connectivity index (χ0) is 23.3. The number of nitrogens with zero attached hydrogens (tertiary/aromatic N) is 1. The van der Waals surface area contributed by atoms with Crippen molar-refractivity contribution < 1.29 is 37.1 Å². The summed E-state index contributed by atoms with van der Waals surface area (Å²) in [5.74, 6) is 0.614. The van der Waals surface area contributed by atoms with Crippen LogP contribution in [-0.2, 0) is 17.6 Å². The highest BCUT2D eigenvalue weighted by atomic mass is 19.4. The highest BCUT2D eigenvalue weighted by molar-refractivity contribution is 6.00. The average Bonchev–Trinajstić information content (AvgIpc) is 3.18. The number of oxime groups is 1. The summed E-state index contributed by atoms with van der Waals surface area (Å²) in [6, 6.07) is 12.2. The van der Waals surface area contributed by atoms with E-state index in [1.807, 2.05) is 0 Å². The number of hydrogen-bond donors (Lipinski definition) is 1. The summed E-state index contributed by atoms with van der Waals surface area (Å²) in [6.07, 6.45) is -4.40. The Balaban J connectivity index is 1.56. The third-order valence-electron chi connectivity index (χ3n) is 4.46. The lowest BCUT2D eigenvalue weighted by atomic mass is 10.1. The monoisotopic (exact) mass is 447 g/mol. The minimum absolute atomic E-state index is 0.0359. The minimum atomic E-state index is -4.40. The molecule has 0 aliphatic rings. The van der Waals surface area contributed by atoms with Crippen molar-refractivity contribution in [3.63, 3.8) is 0 Å². The van der Waals surface area contributed by atoms with E-state index in [1.165, 1.54) is 18.2 Å². The zero-order valence-electron chi connectivity index (χ0n) is 17.3. The van der Waals surface area contributed by atoms with Crippen molar-refractivity contribution in [2.75, 3.05) is 6.61 Å². The number of Topliss-reactive ketones (excluding diaryl/α,β-unsaturated/α-hetero) is 1. The minimum Gasteiger partial charge on any atom is -0.507 e. The number of aromatic hydroxyl groups is 1. The van der Waals surface area contributed by atoms with E-state index in [9.17, 15) is 23.1 Å². The van der Waals surface area contributed by atoms with Crippen LogP contribution >= 0.6 is 0 Å². The van der Waals surface area contributed by atoms with Gasteiger partial charge in [-0.25, -0.2) is 0 Å². The van der Waals surface area contributed by atoms with Crippen molar-refractivity contribution >= 4 is 11.5 Å². The predicted molar refractivity (Wildman–Crippen MR) is 110 cm³/mol. The molecule has 0 amide bonds. The quantitative estimate of drug-likeness (QED) is 0.280. The molecule has 2 aromatic carbocycles. The van der Waals surface area contributed by atoms with Gasteiger partial charge >= 0.3 is 6.18 Å². The SMILES string of the molecule is CC(=NOCc1ccc(C(F)(F)F)cc1)c1ccc(OCC(=O)c2ccc(C)o2)cc1O. The number of rotatable bonds is 8. The van der Waals surface area contributed by atoms with E-state index in [-0.39, 0.29) is 36.3 Å². The predicted octanol–water partition coefficient (Wildman–Crippen LogP) is 5.51. The van der Waals surface area contributed by atoms with Crippen molar-refractivity contribution in [3.05, 3.63) is 82.8 Å². The second kappa shape index (κ2) is 9.59. The van der Waals surface area contributed by atoms with E-state index < -0.39 is 11.7 Å². The lowest BCUT2D eigenvalue weighted by Gasteiger charge is -2.09. The molecule has 3 rings (SSSR count). The van der Waals surface area contributed by atoms with E-state index in [1.54, 1.807) is 38.1 Å². The van der Waals surface area contributed by atoms with Gasteiger partial charge in [-0.05, 0) is 55.8 Å². The normalized spacial score (nSPS) is 12.0. The maximum Gasteiger partial charge on any atom is 0.416 e. The number of phenols is 1. The number of aryl methyl sites for hydroxylation is 1. The summed E-state index contributed by atoms with van der Waals surface area (Å²) >= 11 is 0. The molecule has 1 N–H and O–H groups in total. The Morgan fingerprint density at radius 1 is 1.09 bits per heavy atom. The van der Waals surface area contributed by atoms with Crippen LogP contribution in [0.1, 0.15) is 39.9 Å². The van der Waals surface area contributed by atoms with Gasteiger partial charge < -0.3 is 19.1 Å². The summed E-state index contributed by atoms with van der Waals surface area (Å²) in [7, 11) is 0. The molecule has 0 saturated carbocycles. The molecule has 3 aromatic rings. The van der Waals surface area contributed by atoms with E-state index >= 15 is 0 Å². The molecule has 0 bridgehead atoms. The first-order valence-corrected chi connectivity index (χ1v) is 9.52. The second-order valence-electron chi connectivity index (χ2n) is 6.95. The molecule has 0 spiro atoms. The molecule has 1 heterocycles. The van der Waals surface area contributed by atoms with Gasteiger partial charge in [0, 0.05) is 11.6 Å². The Hall–Kier alpha value is -3.75. The van der Waals surface area contributed by atoms with Crippen LogP contribution in [0.25, 0.3) is 0 Å². The Bertz CT molecular complexity index is 1120. The van der Waals surface area contributed by atoms with Crippen LogP contribution < -0.4 is 4.74 Å². The molecule has 0 radical (unpaired) electrons. The van der Waals surface area contributed by atoms with Gasteiger partial charge in [0.05, 0.1) is 11.3 Å². The second-order valence-corrected chi connectivity index (χ2v) is 6.95. The van der Waals surface area contributed by atoms with Crippen LogP contribution in [0.3, 0.4) is 0 Å². The van der Waals surface area contributed by atoms with Gasteiger partial charge in [-0.2, -0.15) is 13.2 Å². The first-order chi connectivity index (χ1) is 15.1. The lowest BCUT2D eigenvalue weighted by Crippen LogP contribution is -2.10. The number of hydrogen-bond acceptors (Lipinski definition) is 6. The van der Waals surface area contributed by atoms with Gasteiger partial charge in [-0.15, -0.1) is 0 Å². The molecular weight excluding hydrogens is 427 g/mol. The number of phenolic OH excluding ortho intramolecular Hbond substituents is 1. The molecule has 1 aromatic heterocycles. The Labute approximate surface area is 181 Å². The Morgan fingerprint density at radius 2 is 1.81 bits per heavy atom. The van der Waals surface area contributed by atoms with Gasteiger partial charge in [-0.3, -0.25) is 4.79 Å².